The van der Waals surface area contributed by atoms with Crippen LogP contribution in [0.15, 0.2) is 12.4 Å². The summed E-state index contributed by atoms with van der Waals surface area (Å²) in [5.74, 6) is 0. The van der Waals surface area contributed by atoms with Crippen LogP contribution < -0.4 is 11.1 Å². The van der Waals surface area contributed by atoms with Crippen molar-refractivity contribution in [2.24, 2.45) is 5.73 Å². The van der Waals surface area contributed by atoms with Gasteiger partial charge < -0.3 is 11.1 Å². The molecule has 0 bridgehead atoms. The summed E-state index contributed by atoms with van der Waals surface area (Å²) in [6.45, 7) is 6.23. The molecular weight excluding hydrogens is 100 g/mol. The van der Waals surface area contributed by atoms with Gasteiger partial charge in [-0.15, -0.1) is 0 Å². The van der Waals surface area contributed by atoms with Crippen molar-refractivity contribution >= 4 is 0 Å². The fourth-order valence-electron chi connectivity index (χ4n) is 0.298. The first-order valence-electron chi connectivity index (χ1n) is 2.71. The lowest BCUT2D eigenvalue weighted by Crippen LogP contribution is -2.31. The third-order valence-electron chi connectivity index (χ3n) is 0.613. The Morgan fingerprint density at radius 1 is 1.38 bits per heavy atom. The van der Waals surface area contributed by atoms with E-state index >= 15 is 0 Å². The molecule has 0 spiro atoms. The Morgan fingerprint density at radius 2 is 1.88 bits per heavy atom. The fraction of sp³-hybridized carbons (Fsp3) is 0.667. The van der Waals surface area contributed by atoms with Gasteiger partial charge >= 0.3 is 0 Å². The molecule has 0 aromatic rings. The average Bonchev–Trinajstić information content (AvgIpc) is 1.59. The first kappa shape index (κ1) is 7.34. The largest absolute Gasteiger partial charge is 0.403 e. The lowest BCUT2D eigenvalue weighted by atomic mass is 10.1. The lowest BCUT2D eigenvalue weighted by molar-refractivity contribution is 0.491. The van der Waals surface area contributed by atoms with Crippen molar-refractivity contribution in [3.8, 4) is 0 Å². The molecule has 0 amide bonds. The summed E-state index contributed by atoms with van der Waals surface area (Å²) < 4.78 is 0. The molecule has 0 saturated carbocycles. The van der Waals surface area contributed by atoms with E-state index in [0.29, 0.717) is 0 Å². The molecule has 0 aliphatic rings. The summed E-state index contributed by atoms with van der Waals surface area (Å²) in [5.41, 5.74) is 5.23. The van der Waals surface area contributed by atoms with Crippen molar-refractivity contribution in [3.63, 3.8) is 0 Å². The van der Waals surface area contributed by atoms with Crippen molar-refractivity contribution in [1.29, 1.82) is 0 Å². The zero-order valence-electron chi connectivity index (χ0n) is 5.73. The summed E-state index contributed by atoms with van der Waals surface area (Å²) in [6.07, 6.45) is 3.23. The van der Waals surface area contributed by atoms with Gasteiger partial charge in [-0.3, -0.25) is 0 Å². The molecule has 0 aliphatic heterocycles. The van der Waals surface area contributed by atoms with Gasteiger partial charge in [0.05, 0.1) is 0 Å². The number of hydrogen-bond donors (Lipinski definition) is 2. The Kier molecular flexibility index (Phi) is 2.38. The van der Waals surface area contributed by atoms with Crippen molar-refractivity contribution < 1.29 is 0 Å². The summed E-state index contributed by atoms with van der Waals surface area (Å²) in [5, 5.41) is 3.07. The lowest BCUT2D eigenvalue weighted by Gasteiger charge is -2.17. The Morgan fingerprint density at radius 3 is 2.00 bits per heavy atom. The van der Waals surface area contributed by atoms with E-state index in [1.54, 1.807) is 6.20 Å². The van der Waals surface area contributed by atoms with Gasteiger partial charge in [0.1, 0.15) is 0 Å². The van der Waals surface area contributed by atoms with E-state index in [-0.39, 0.29) is 5.54 Å². The van der Waals surface area contributed by atoms with E-state index in [2.05, 4.69) is 26.1 Å². The number of nitrogens with two attached hydrogens (primary N) is 1. The first-order chi connectivity index (χ1) is 3.56. The summed E-state index contributed by atoms with van der Waals surface area (Å²) in [7, 11) is 0. The maximum absolute atomic E-state index is 5.09. The summed E-state index contributed by atoms with van der Waals surface area (Å²) in [4.78, 5) is 0. The number of rotatable bonds is 1. The Balaban J connectivity index is 3.39. The van der Waals surface area contributed by atoms with E-state index in [1.807, 2.05) is 0 Å². The van der Waals surface area contributed by atoms with E-state index in [1.165, 1.54) is 6.20 Å². The second-order valence-corrected chi connectivity index (χ2v) is 2.75. The van der Waals surface area contributed by atoms with Gasteiger partial charge in [-0.05, 0) is 20.8 Å². The highest BCUT2D eigenvalue weighted by molar-refractivity contribution is 4.81. The maximum Gasteiger partial charge on any atom is 0.0284 e. The fourth-order valence-corrected chi connectivity index (χ4v) is 0.298. The molecule has 0 atom stereocenters. The molecular formula is C6H14N2. The van der Waals surface area contributed by atoms with Crippen LogP contribution in [-0.2, 0) is 0 Å². The highest BCUT2D eigenvalue weighted by Gasteiger charge is 2.03. The van der Waals surface area contributed by atoms with Crippen molar-refractivity contribution in [2.45, 2.75) is 26.3 Å². The molecule has 0 fully saturated rings. The highest BCUT2D eigenvalue weighted by Crippen LogP contribution is 1.96. The summed E-state index contributed by atoms with van der Waals surface area (Å²) >= 11 is 0. The molecule has 48 valence electrons. The molecule has 0 aliphatic carbocycles. The van der Waals surface area contributed by atoms with Crippen LogP contribution >= 0.6 is 0 Å². The molecule has 2 nitrogen and oxygen atoms in total. The van der Waals surface area contributed by atoms with Crippen molar-refractivity contribution in [3.05, 3.63) is 12.4 Å². The molecule has 0 aromatic carbocycles. The second-order valence-electron chi connectivity index (χ2n) is 2.75. The minimum atomic E-state index is 0.135. The molecule has 0 unspecified atom stereocenters. The second kappa shape index (κ2) is 2.60. The van der Waals surface area contributed by atoms with Gasteiger partial charge in [0, 0.05) is 17.9 Å². The Labute approximate surface area is 50.8 Å². The first-order valence-corrected chi connectivity index (χ1v) is 2.71. The van der Waals surface area contributed by atoms with Crippen molar-refractivity contribution in [2.75, 3.05) is 0 Å². The van der Waals surface area contributed by atoms with Gasteiger partial charge in [0.25, 0.3) is 0 Å². The van der Waals surface area contributed by atoms with Crippen molar-refractivity contribution in [1.82, 2.24) is 5.32 Å². The average molecular weight is 114 g/mol. The normalized spacial score (nSPS) is 12.4. The van der Waals surface area contributed by atoms with Crippen LogP contribution in [0.1, 0.15) is 20.8 Å². The predicted molar refractivity (Wildman–Crippen MR) is 36.2 cm³/mol. The smallest absolute Gasteiger partial charge is 0.0284 e. The Hall–Kier alpha value is -0.660. The van der Waals surface area contributed by atoms with E-state index in [0.717, 1.165) is 0 Å². The minimum Gasteiger partial charge on any atom is -0.403 e. The molecule has 0 rings (SSSR count). The third kappa shape index (κ3) is 5.34. The standard InChI is InChI=1S/C6H14N2/c1-6(2,3)8-5-4-7/h4-5,8H,7H2,1-3H3/b5-4+. The number of hydrogen-bond acceptors (Lipinski definition) is 2. The minimum absolute atomic E-state index is 0.135. The highest BCUT2D eigenvalue weighted by atomic mass is 14.9. The van der Waals surface area contributed by atoms with Crippen LogP contribution in [0, 0.1) is 0 Å². The topological polar surface area (TPSA) is 38.0 Å². The van der Waals surface area contributed by atoms with Crippen LogP contribution in [0.4, 0.5) is 0 Å². The Bertz CT molecular complexity index is 79.0. The SMILES string of the molecule is CC(C)(C)N/C=C/N. The zero-order valence-corrected chi connectivity index (χ0v) is 5.73. The quantitative estimate of drug-likeness (QED) is 0.529. The van der Waals surface area contributed by atoms with Crippen LogP contribution in [0.3, 0.4) is 0 Å². The number of nitrogens with one attached hydrogen (secondary N) is 1. The van der Waals surface area contributed by atoms with Crippen LogP contribution in [0.2, 0.25) is 0 Å². The van der Waals surface area contributed by atoms with Gasteiger partial charge in [-0.1, -0.05) is 0 Å². The molecule has 0 heterocycles. The summed E-state index contributed by atoms with van der Waals surface area (Å²) in [6, 6.07) is 0. The molecule has 3 N–H and O–H groups in total. The van der Waals surface area contributed by atoms with E-state index in [9.17, 15) is 0 Å². The zero-order chi connectivity index (χ0) is 6.62. The van der Waals surface area contributed by atoms with Crippen LogP contribution in [0.5, 0.6) is 0 Å². The van der Waals surface area contributed by atoms with Gasteiger partial charge in [0.2, 0.25) is 0 Å². The van der Waals surface area contributed by atoms with Gasteiger partial charge in [0.15, 0.2) is 0 Å². The maximum atomic E-state index is 5.09. The van der Waals surface area contributed by atoms with Crippen LogP contribution in [0.25, 0.3) is 0 Å². The third-order valence-corrected chi connectivity index (χ3v) is 0.613. The van der Waals surface area contributed by atoms with E-state index < -0.39 is 0 Å². The molecule has 0 saturated heterocycles. The van der Waals surface area contributed by atoms with Gasteiger partial charge in [-0.2, -0.15) is 0 Å². The predicted octanol–water partition coefficient (Wildman–Crippen LogP) is 0.804. The van der Waals surface area contributed by atoms with E-state index in [4.69, 9.17) is 5.73 Å². The monoisotopic (exact) mass is 114 g/mol. The molecule has 2 heteroatoms. The molecule has 8 heavy (non-hydrogen) atoms. The molecule has 0 aromatic heterocycles. The van der Waals surface area contributed by atoms with Gasteiger partial charge in [-0.25, -0.2) is 0 Å². The molecule has 0 radical (unpaired) electrons. The van der Waals surface area contributed by atoms with Crippen LogP contribution in [-0.4, -0.2) is 5.54 Å².